The summed E-state index contributed by atoms with van der Waals surface area (Å²) in [7, 11) is 1.74. The number of nitrogens with zero attached hydrogens (tertiary/aromatic N) is 2. The van der Waals surface area contributed by atoms with Gasteiger partial charge in [-0.15, -0.1) is 12.4 Å². The van der Waals surface area contributed by atoms with Gasteiger partial charge in [-0.1, -0.05) is 18.2 Å². The third kappa shape index (κ3) is 4.02. The van der Waals surface area contributed by atoms with E-state index in [1.54, 1.807) is 7.11 Å². The molecule has 2 aromatic rings. The fourth-order valence-corrected chi connectivity index (χ4v) is 3.07. The van der Waals surface area contributed by atoms with Gasteiger partial charge in [-0.3, -0.25) is 9.88 Å². The lowest BCUT2D eigenvalue weighted by Gasteiger charge is -2.37. The second kappa shape index (κ2) is 8.29. The summed E-state index contributed by atoms with van der Waals surface area (Å²) in [5, 5.41) is 3.50. The maximum atomic E-state index is 5.55. The first-order valence-corrected chi connectivity index (χ1v) is 7.77. The van der Waals surface area contributed by atoms with E-state index in [9.17, 15) is 0 Å². The lowest BCUT2D eigenvalue weighted by molar-refractivity contribution is 0.150. The van der Waals surface area contributed by atoms with Crippen molar-refractivity contribution < 1.29 is 4.74 Å². The summed E-state index contributed by atoms with van der Waals surface area (Å²) >= 11 is 0. The van der Waals surface area contributed by atoms with E-state index in [0.717, 1.165) is 31.9 Å². The average molecular weight is 334 g/mol. The van der Waals surface area contributed by atoms with Crippen LogP contribution in [0.3, 0.4) is 0 Å². The summed E-state index contributed by atoms with van der Waals surface area (Å²) in [6.07, 6.45) is 3.84. The van der Waals surface area contributed by atoms with Crippen LogP contribution < -0.4 is 10.1 Å². The van der Waals surface area contributed by atoms with E-state index >= 15 is 0 Å². The molecule has 5 heteroatoms. The standard InChI is InChI=1S/C18H23N3O.ClH/c1-14-7-8-19-11-15(14)13-21-10-9-20-12-17(21)16-5-3-4-6-18(16)22-2;/h3-8,11,17,20H,9-10,12-13H2,1-2H3;1H. The van der Waals surface area contributed by atoms with Crippen molar-refractivity contribution in [3.05, 3.63) is 59.4 Å². The van der Waals surface area contributed by atoms with Gasteiger partial charge in [-0.25, -0.2) is 0 Å². The molecule has 1 fully saturated rings. The van der Waals surface area contributed by atoms with Gasteiger partial charge in [-0.05, 0) is 30.2 Å². The number of benzene rings is 1. The van der Waals surface area contributed by atoms with Gasteiger partial charge in [0, 0.05) is 44.1 Å². The van der Waals surface area contributed by atoms with Crippen LogP contribution in [0.2, 0.25) is 0 Å². The number of methoxy groups -OCH3 is 1. The molecule has 0 spiro atoms. The van der Waals surface area contributed by atoms with Crippen molar-refractivity contribution >= 4 is 12.4 Å². The normalized spacial score (nSPS) is 18.3. The highest BCUT2D eigenvalue weighted by Gasteiger charge is 2.26. The summed E-state index contributed by atoms with van der Waals surface area (Å²) in [5.74, 6) is 0.962. The van der Waals surface area contributed by atoms with Crippen LogP contribution in [0, 0.1) is 6.92 Å². The maximum absolute atomic E-state index is 5.55. The molecule has 0 saturated carbocycles. The van der Waals surface area contributed by atoms with Gasteiger partial charge in [-0.2, -0.15) is 0 Å². The molecule has 1 N–H and O–H groups in total. The molecule has 1 aromatic carbocycles. The van der Waals surface area contributed by atoms with Crippen LogP contribution in [-0.4, -0.2) is 36.6 Å². The second-order valence-electron chi connectivity index (χ2n) is 5.73. The third-order valence-electron chi connectivity index (χ3n) is 4.37. The van der Waals surface area contributed by atoms with E-state index in [-0.39, 0.29) is 12.4 Å². The van der Waals surface area contributed by atoms with Gasteiger partial charge >= 0.3 is 0 Å². The Labute approximate surface area is 144 Å². The minimum atomic E-state index is 0. The molecule has 23 heavy (non-hydrogen) atoms. The van der Waals surface area contributed by atoms with Crippen LogP contribution in [-0.2, 0) is 6.54 Å². The lowest BCUT2D eigenvalue weighted by atomic mass is 10.0. The molecule has 1 atom stereocenters. The first-order valence-electron chi connectivity index (χ1n) is 7.77. The number of aryl methyl sites for hydroxylation is 1. The fraction of sp³-hybridized carbons (Fsp3) is 0.389. The zero-order valence-corrected chi connectivity index (χ0v) is 14.5. The molecule has 4 nitrogen and oxygen atoms in total. The van der Waals surface area contributed by atoms with Crippen molar-refractivity contribution in [2.75, 3.05) is 26.7 Å². The molecule has 0 amide bonds. The molecular weight excluding hydrogens is 310 g/mol. The zero-order chi connectivity index (χ0) is 15.4. The Morgan fingerprint density at radius 3 is 2.91 bits per heavy atom. The first kappa shape index (κ1) is 17.7. The molecular formula is C18H24ClN3O. The van der Waals surface area contributed by atoms with Gasteiger partial charge in [0.25, 0.3) is 0 Å². The Hall–Kier alpha value is -1.62. The highest BCUT2D eigenvalue weighted by molar-refractivity contribution is 5.85. The quantitative estimate of drug-likeness (QED) is 0.933. The molecule has 0 bridgehead atoms. The molecule has 2 heterocycles. The number of rotatable bonds is 4. The van der Waals surface area contributed by atoms with Gasteiger partial charge in [0.1, 0.15) is 5.75 Å². The zero-order valence-electron chi connectivity index (χ0n) is 13.7. The molecule has 3 rings (SSSR count). The van der Waals surface area contributed by atoms with Crippen molar-refractivity contribution in [1.29, 1.82) is 0 Å². The summed E-state index contributed by atoms with van der Waals surface area (Å²) in [5.41, 5.74) is 3.84. The lowest BCUT2D eigenvalue weighted by Crippen LogP contribution is -2.45. The van der Waals surface area contributed by atoms with Gasteiger partial charge in [0.05, 0.1) is 13.2 Å². The van der Waals surface area contributed by atoms with Gasteiger partial charge < -0.3 is 10.1 Å². The number of hydrogen-bond donors (Lipinski definition) is 1. The predicted octanol–water partition coefficient (Wildman–Crippen LogP) is 2.97. The number of hydrogen-bond acceptors (Lipinski definition) is 4. The van der Waals surface area contributed by atoms with Gasteiger partial charge in [0.15, 0.2) is 0 Å². The minimum Gasteiger partial charge on any atom is -0.496 e. The van der Waals surface area contributed by atoms with E-state index in [2.05, 4.69) is 40.3 Å². The number of halogens is 1. The molecule has 1 unspecified atom stereocenters. The molecule has 0 aliphatic carbocycles. The smallest absolute Gasteiger partial charge is 0.123 e. The molecule has 1 aromatic heterocycles. The number of piperazine rings is 1. The average Bonchev–Trinajstić information content (AvgIpc) is 2.57. The largest absolute Gasteiger partial charge is 0.496 e. The van der Waals surface area contributed by atoms with E-state index in [1.807, 2.05) is 24.5 Å². The molecule has 1 aliphatic rings. The highest BCUT2D eigenvalue weighted by Crippen LogP contribution is 2.31. The number of para-hydroxylation sites is 1. The van der Waals surface area contributed by atoms with Crippen LogP contribution in [0.5, 0.6) is 5.75 Å². The molecule has 1 aliphatic heterocycles. The summed E-state index contributed by atoms with van der Waals surface area (Å²) in [4.78, 5) is 6.79. The third-order valence-corrected chi connectivity index (χ3v) is 4.37. The molecule has 1 saturated heterocycles. The van der Waals surface area contributed by atoms with E-state index < -0.39 is 0 Å². The van der Waals surface area contributed by atoms with Crippen LogP contribution >= 0.6 is 12.4 Å². The Balaban J connectivity index is 0.00000192. The van der Waals surface area contributed by atoms with Crippen molar-refractivity contribution in [2.45, 2.75) is 19.5 Å². The monoisotopic (exact) mass is 333 g/mol. The van der Waals surface area contributed by atoms with Crippen LogP contribution in [0.4, 0.5) is 0 Å². The van der Waals surface area contributed by atoms with Crippen molar-refractivity contribution in [1.82, 2.24) is 15.2 Å². The molecule has 0 radical (unpaired) electrons. The summed E-state index contributed by atoms with van der Waals surface area (Å²) in [6, 6.07) is 10.7. The van der Waals surface area contributed by atoms with Crippen molar-refractivity contribution in [2.24, 2.45) is 0 Å². The minimum absolute atomic E-state index is 0. The number of ether oxygens (including phenoxy) is 1. The van der Waals surface area contributed by atoms with Crippen molar-refractivity contribution in [3.63, 3.8) is 0 Å². The number of nitrogens with one attached hydrogen (secondary N) is 1. The SMILES string of the molecule is COc1ccccc1C1CNCCN1Cc1cnccc1C.Cl. The first-order chi connectivity index (χ1) is 10.8. The van der Waals surface area contributed by atoms with E-state index in [1.165, 1.54) is 16.7 Å². The Bertz CT molecular complexity index is 635. The van der Waals surface area contributed by atoms with E-state index in [4.69, 9.17) is 4.74 Å². The van der Waals surface area contributed by atoms with Crippen LogP contribution in [0.15, 0.2) is 42.7 Å². The summed E-state index contributed by atoms with van der Waals surface area (Å²) in [6.45, 7) is 6.06. The molecule has 124 valence electrons. The summed E-state index contributed by atoms with van der Waals surface area (Å²) < 4.78 is 5.55. The van der Waals surface area contributed by atoms with Crippen molar-refractivity contribution in [3.8, 4) is 5.75 Å². The fourth-order valence-electron chi connectivity index (χ4n) is 3.07. The van der Waals surface area contributed by atoms with Gasteiger partial charge in [0.2, 0.25) is 0 Å². The Kier molecular flexibility index (Phi) is 6.39. The number of aromatic nitrogens is 1. The topological polar surface area (TPSA) is 37.4 Å². The Morgan fingerprint density at radius 2 is 2.13 bits per heavy atom. The van der Waals surface area contributed by atoms with E-state index in [0.29, 0.717) is 6.04 Å². The number of pyridine rings is 1. The predicted molar refractivity (Wildman–Crippen MR) is 95.2 cm³/mol. The van der Waals surface area contributed by atoms with Crippen LogP contribution in [0.25, 0.3) is 0 Å². The van der Waals surface area contributed by atoms with Crippen LogP contribution in [0.1, 0.15) is 22.7 Å². The maximum Gasteiger partial charge on any atom is 0.123 e. The highest BCUT2D eigenvalue weighted by atomic mass is 35.5. The second-order valence-corrected chi connectivity index (χ2v) is 5.73. The Morgan fingerprint density at radius 1 is 1.30 bits per heavy atom.